The Balaban J connectivity index is 1.70. The minimum absolute atomic E-state index is 0.364. The Labute approximate surface area is 99.4 Å². The third-order valence-electron chi connectivity index (χ3n) is 4.57. The van der Waals surface area contributed by atoms with Gasteiger partial charge in [0.25, 0.3) is 0 Å². The fourth-order valence-electron chi connectivity index (χ4n) is 3.28. The van der Waals surface area contributed by atoms with Gasteiger partial charge in [-0.25, -0.2) is 0 Å². The van der Waals surface area contributed by atoms with Crippen LogP contribution in [0.5, 0.6) is 0 Å². The van der Waals surface area contributed by atoms with E-state index in [1.54, 1.807) is 0 Å². The summed E-state index contributed by atoms with van der Waals surface area (Å²) >= 11 is 0. The molecule has 1 saturated carbocycles. The zero-order valence-electron chi connectivity index (χ0n) is 10.6. The van der Waals surface area contributed by atoms with E-state index in [0.717, 1.165) is 32.3 Å². The van der Waals surface area contributed by atoms with Gasteiger partial charge in [-0.2, -0.15) is 0 Å². The number of rotatable bonds is 4. The first-order valence-corrected chi connectivity index (χ1v) is 7.05. The van der Waals surface area contributed by atoms with Gasteiger partial charge < -0.3 is 9.84 Å². The summed E-state index contributed by atoms with van der Waals surface area (Å²) in [5, 5.41) is 10.6. The first-order valence-electron chi connectivity index (χ1n) is 7.05. The Morgan fingerprint density at radius 3 is 2.81 bits per heavy atom. The van der Waals surface area contributed by atoms with Gasteiger partial charge in [-0.1, -0.05) is 19.8 Å². The van der Waals surface area contributed by atoms with Crippen LogP contribution < -0.4 is 0 Å². The van der Waals surface area contributed by atoms with Gasteiger partial charge in [0.1, 0.15) is 0 Å². The van der Waals surface area contributed by atoms with Gasteiger partial charge in [-0.3, -0.25) is 0 Å². The van der Waals surface area contributed by atoms with Crippen LogP contribution in [0, 0.1) is 5.92 Å². The van der Waals surface area contributed by atoms with Crippen molar-refractivity contribution in [2.75, 3.05) is 6.61 Å². The lowest BCUT2D eigenvalue weighted by molar-refractivity contribution is -0.0515. The molecule has 1 heterocycles. The van der Waals surface area contributed by atoms with Crippen molar-refractivity contribution in [3.8, 4) is 0 Å². The third-order valence-corrected chi connectivity index (χ3v) is 4.57. The summed E-state index contributed by atoms with van der Waals surface area (Å²) in [5.74, 6) is 0.491. The van der Waals surface area contributed by atoms with Gasteiger partial charge in [0.15, 0.2) is 0 Å². The van der Waals surface area contributed by atoms with E-state index in [4.69, 9.17) is 4.74 Å². The standard InChI is InChI=1S/C14H26O2/c1-12-6-2-3-9-14(12,15)10-4-7-13-8-5-11-16-13/h12-13,15H,2-11H2,1H3. The molecular formula is C14H26O2. The summed E-state index contributed by atoms with van der Waals surface area (Å²) in [6.45, 7) is 3.16. The summed E-state index contributed by atoms with van der Waals surface area (Å²) in [5.41, 5.74) is -0.364. The molecule has 2 nitrogen and oxygen atoms in total. The lowest BCUT2D eigenvalue weighted by Gasteiger charge is -2.38. The van der Waals surface area contributed by atoms with Gasteiger partial charge >= 0.3 is 0 Å². The van der Waals surface area contributed by atoms with Crippen molar-refractivity contribution in [1.82, 2.24) is 0 Å². The molecule has 2 heteroatoms. The molecule has 3 atom stereocenters. The topological polar surface area (TPSA) is 29.5 Å². The molecule has 3 unspecified atom stereocenters. The zero-order valence-corrected chi connectivity index (χ0v) is 10.6. The van der Waals surface area contributed by atoms with Crippen molar-refractivity contribution in [2.45, 2.75) is 76.4 Å². The van der Waals surface area contributed by atoms with Crippen LogP contribution in [0.1, 0.15) is 64.7 Å². The van der Waals surface area contributed by atoms with Crippen LogP contribution in [0.2, 0.25) is 0 Å². The molecule has 2 rings (SSSR count). The van der Waals surface area contributed by atoms with E-state index in [1.165, 1.54) is 32.1 Å². The van der Waals surface area contributed by atoms with E-state index in [9.17, 15) is 5.11 Å². The molecule has 2 aliphatic rings. The predicted octanol–water partition coefficient (Wildman–Crippen LogP) is 3.28. The van der Waals surface area contributed by atoms with Crippen LogP contribution in [0.15, 0.2) is 0 Å². The average Bonchev–Trinajstić information content (AvgIpc) is 2.76. The maximum Gasteiger partial charge on any atom is 0.0673 e. The SMILES string of the molecule is CC1CCCCC1(O)CCCC1CCCO1. The van der Waals surface area contributed by atoms with Crippen molar-refractivity contribution in [3.05, 3.63) is 0 Å². The van der Waals surface area contributed by atoms with Crippen LogP contribution in [0.4, 0.5) is 0 Å². The van der Waals surface area contributed by atoms with Gasteiger partial charge in [-0.15, -0.1) is 0 Å². The molecule has 0 spiro atoms. The number of aliphatic hydroxyl groups is 1. The van der Waals surface area contributed by atoms with Crippen LogP contribution >= 0.6 is 0 Å². The highest BCUT2D eigenvalue weighted by molar-refractivity contribution is 4.87. The molecule has 0 amide bonds. The molecule has 0 aromatic carbocycles. The fraction of sp³-hybridized carbons (Fsp3) is 1.00. The maximum absolute atomic E-state index is 10.6. The lowest BCUT2D eigenvalue weighted by Crippen LogP contribution is -2.39. The molecule has 0 aromatic rings. The zero-order chi connectivity index (χ0) is 11.4. The van der Waals surface area contributed by atoms with E-state index < -0.39 is 0 Å². The lowest BCUT2D eigenvalue weighted by atomic mass is 9.73. The highest BCUT2D eigenvalue weighted by Gasteiger charge is 2.35. The Bertz CT molecular complexity index is 211. The third kappa shape index (κ3) is 2.98. The van der Waals surface area contributed by atoms with E-state index in [1.807, 2.05) is 0 Å². The quantitative estimate of drug-likeness (QED) is 0.797. The second kappa shape index (κ2) is 5.50. The van der Waals surface area contributed by atoms with Gasteiger partial charge in [0.2, 0.25) is 0 Å². The molecule has 0 radical (unpaired) electrons. The maximum atomic E-state index is 10.6. The first-order chi connectivity index (χ1) is 7.71. The average molecular weight is 226 g/mol. The molecule has 1 N–H and O–H groups in total. The summed E-state index contributed by atoms with van der Waals surface area (Å²) in [7, 11) is 0. The van der Waals surface area contributed by atoms with Crippen molar-refractivity contribution in [1.29, 1.82) is 0 Å². The molecule has 94 valence electrons. The van der Waals surface area contributed by atoms with E-state index >= 15 is 0 Å². The van der Waals surface area contributed by atoms with Crippen LogP contribution in [0.3, 0.4) is 0 Å². The molecular weight excluding hydrogens is 200 g/mol. The van der Waals surface area contributed by atoms with Gasteiger partial charge in [0.05, 0.1) is 11.7 Å². The largest absolute Gasteiger partial charge is 0.390 e. The van der Waals surface area contributed by atoms with Crippen molar-refractivity contribution < 1.29 is 9.84 Å². The Hall–Kier alpha value is -0.0800. The van der Waals surface area contributed by atoms with E-state index in [-0.39, 0.29) is 5.60 Å². The highest BCUT2D eigenvalue weighted by atomic mass is 16.5. The highest BCUT2D eigenvalue weighted by Crippen LogP contribution is 2.37. The molecule has 1 aliphatic heterocycles. The minimum atomic E-state index is -0.364. The fourth-order valence-corrected chi connectivity index (χ4v) is 3.28. The second-order valence-corrected chi connectivity index (χ2v) is 5.78. The Morgan fingerprint density at radius 2 is 2.12 bits per heavy atom. The summed E-state index contributed by atoms with van der Waals surface area (Å²) in [6.07, 6.45) is 10.9. The summed E-state index contributed by atoms with van der Waals surface area (Å²) in [4.78, 5) is 0. The van der Waals surface area contributed by atoms with Crippen molar-refractivity contribution >= 4 is 0 Å². The molecule has 0 aromatic heterocycles. The van der Waals surface area contributed by atoms with Crippen LogP contribution in [-0.4, -0.2) is 23.4 Å². The smallest absolute Gasteiger partial charge is 0.0673 e. The second-order valence-electron chi connectivity index (χ2n) is 5.78. The number of ether oxygens (including phenoxy) is 1. The van der Waals surface area contributed by atoms with Crippen LogP contribution in [0.25, 0.3) is 0 Å². The molecule has 1 aliphatic carbocycles. The molecule has 2 fully saturated rings. The Morgan fingerprint density at radius 1 is 1.25 bits per heavy atom. The van der Waals surface area contributed by atoms with E-state index in [2.05, 4.69) is 6.92 Å². The molecule has 0 bridgehead atoms. The van der Waals surface area contributed by atoms with E-state index in [0.29, 0.717) is 12.0 Å². The normalized spacial score (nSPS) is 40.1. The van der Waals surface area contributed by atoms with Crippen LogP contribution in [-0.2, 0) is 4.74 Å². The van der Waals surface area contributed by atoms with Gasteiger partial charge in [-0.05, 0) is 50.9 Å². The molecule has 16 heavy (non-hydrogen) atoms. The predicted molar refractivity (Wildman–Crippen MR) is 65.4 cm³/mol. The van der Waals surface area contributed by atoms with Gasteiger partial charge in [0, 0.05) is 6.61 Å². The summed E-state index contributed by atoms with van der Waals surface area (Å²) in [6, 6.07) is 0. The number of hydrogen-bond donors (Lipinski definition) is 1. The molecule has 1 saturated heterocycles. The minimum Gasteiger partial charge on any atom is -0.390 e. The number of hydrogen-bond acceptors (Lipinski definition) is 2. The first kappa shape index (κ1) is 12.4. The van der Waals surface area contributed by atoms with Crippen molar-refractivity contribution in [3.63, 3.8) is 0 Å². The van der Waals surface area contributed by atoms with Crippen molar-refractivity contribution in [2.24, 2.45) is 5.92 Å². The monoisotopic (exact) mass is 226 g/mol. The Kier molecular flexibility index (Phi) is 4.26. The summed E-state index contributed by atoms with van der Waals surface area (Å²) < 4.78 is 5.62.